The van der Waals surface area contributed by atoms with Crippen LogP contribution in [0.25, 0.3) is 10.8 Å². The number of aliphatic carboxylic acids is 1. The number of fused-ring (bicyclic) bond motifs is 2. The molecule has 1 saturated carbocycles. The summed E-state index contributed by atoms with van der Waals surface area (Å²) in [5.74, 6) is -0.174. The molecule has 202 valence electrons. The number of thioether (sulfide) groups is 1. The van der Waals surface area contributed by atoms with Crippen LogP contribution in [-0.4, -0.2) is 64.4 Å². The highest BCUT2D eigenvalue weighted by atomic mass is 35.5. The van der Waals surface area contributed by atoms with E-state index in [0.29, 0.717) is 12.2 Å². The van der Waals surface area contributed by atoms with Crippen molar-refractivity contribution < 1.29 is 24.2 Å². The van der Waals surface area contributed by atoms with Crippen LogP contribution in [0.5, 0.6) is 0 Å². The maximum absolute atomic E-state index is 13.5. The molecule has 2 aromatic carbocycles. The lowest BCUT2D eigenvalue weighted by molar-refractivity contribution is -0.151. The Bertz CT molecular complexity index is 1100. The summed E-state index contributed by atoms with van der Waals surface area (Å²) >= 11 is 1.60. The Labute approximate surface area is 229 Å². The van der Waals surface area contributed by atoms with Gasteiger partial charge in [0.25, 0.3) is 0 Å². The lowest BCUT2D eigenvalue weighted by atomic mass is 9.84. The second-order valence-corrected chi connectivity index (χ2v) is 10.9. The van der Waals surface area contributed by atoms with Crippen molar-refractivity contribution in [2.45, 2.75) is 75.9 Å². The average molecular weight is 549 g/mol. The Morgan fingerprint density at radius 1 is 1.14 bits per heavy atom. The zero-order valence-electron chi connectivity index (χ0n) is 21.4. The van der Waals surface area contributed by atoms with Crippen LogP contribution in [0.3, 0.4) is 0 Å². The predicted octanol–water partition coefficient (Wildman–Crippen LogP) is 4.65. The number of nitrogens with one attached hydrogen (secondary N) is 1. The lowest BCUT2D eigenvalue weighted by Gasteiger charge is -2.35. The molecule has 37 heavy (non-hydrogen) atoms. The molecule has 1 saturated heterocycles. The highest BCUT2D eigenvalue weighted by Crippen LogP contribution is 2.40. The summed E-state index contributed by atoms with van der Waals surface area (Å²) in [6.07, 6.45) is 4.42. The Balaban J connectivity index is 0.00000380. The van der Waals surface area contributed by atoms with Gasteiger partial charge >= 0.3 is 11.9 Å². The number of carboxylic acids is 1. The Kier molecular flexibility index (Phi) is 10.7. The molecule has 0 radical (unpaired) electrons. The number of amides is 1. The van der Waals surface area contributed by atoms with Gasteiger partial charge in [-0.3, -0.25) is 14.9 Å². The molecule has 9 heteroatoms. The normalized spacial score (nSPS) is 22.5. The summed E-state index contributed by atoms with van der Waals surface area (Å²) in [4.78, 5) is 39.8. The number of carbonyl (C=O) groups excluding carboxylic acids is 2. The number of carbonyl (C=O) groups is 3. The van der Waals surface area contributed by atoms with E-state index < -0.39 is 30.1 Å². The van der Waals surface area contributed by atoms with Crippen LogP contribution in [0.2, 0.25) is 0 Å². The number of benzene rings is 2. The molecule has 0 spiro atoms. The van der Waals surface area contributed by atoms with Crippen LogP contribution in [-0.2, 0) is 24.9 Å². The van der Waals surface area contributed by atoms with Gasteiger partial charge in [0.05, 0.1) is 12.6 Å². The fourth-order valence-electron chi connectivity index (χ4n) is 5.64. The number of ether oxygens (including phenoxy) is 1. The standard InChI is InChI=1S/C28H36N2O5S.ClH/c1-3-35-28(34)23(17-36-16-19-12-13-20-8-4-5-9-21(20)14-19)29-18(2)26(31)30-24-11-7-6-10-22(24)15-25(30)27(32)33;/h4-5,8-9,12-14,18,22-25,29H,3,6-7,10-11,15-17H2,1-2H3,(H,32,33);1H/t18-,22+,23-,24+,25-;/m0./s1. The summed E-state index contributed by atoms with van der Waals surface area (Å²) in [5, 5.41) is 15.3. The Hall–Kier alpha value is -2.29. The van der Waals surface area contributed by atoms with Crippen LogP contribution < -0.4 is 5.32 Å². The molecular formula is C28H37ClN2O5S. The van der Waals surface area contributed by atoms with Crippen molar-refractivity contribution in [1.29, 1.82) is 0 Å². The summed E-state index contributed by atoms with van der Waals surface area (Å²) in [5.41, 5.74) is 1.16. The van der Waals surface area contributed by atoms with Crippen molar-refractivity contribution in [1.82, 2.24) is 10.2 Å². The van der Waals surface area contributed by atoms with Gasteiger partial charge in [0.1, 0.15) is 12.1 Å². The molecule has 7 nitrogen and oxygen atoms in total. The van der Waals surface area contributed by atoms with Gasteiger partial charge < -0.3 is 14.7 Å². The molecule has 0 unspecified atom stereocenters. The molecule has 1 aliphatic heterocycles. The first-order valence-electron chi connectivity index (χ1n) is 12.9. The second kappa shape index (κ2) is 13.5. The fraction of sp³-hybridized carbons (Fsp3) is 0.536. The van der Waals surface area contributed by atoms with E-state index >= 15 is 0 Å². The molecule has 0 aromatic heterocycles. The quantitative estimate of drug-likeness (QED) is 0.417. The zero-order valence-corrected chi connectivity index (χ0v) is 23.1. The first-order valence-corrected chi connectivity index (χ1v) is 14.1. The third kappa shape index (κ3) is 6.98. The molecule has 4 rings (SSSR count). The van der Waals surface area contributed by atoms with Gasteiger partial charge in [-0.25, -0.2) is 4.79 Å². The van der Waals surface area contributed by atoms with Crippen LogP contribution in [0.15, 0.2) is 42.5 Å². The maximum atomic E-state index is 13.5. The van der Waals surface area contributed by atoms with Gasteiger partial charge in [-0.1, -0.05) is 55.3 Å². The first-order chi connectivity index (χ1) is 17.4. The van der Waals surface area contributed by atoms with Gasteiger partial charge in [-0.05, 0) is 55.4 Å². The van der Waals surface area contributed by atoms with Crippen LogP contribution in [0, 0.1) is 5.92 Å². The van der Waals surface area contributed by atoms with Crippen molar-refractivity contribution in [2.75, 3.05) is 12.4 Å². The topological polar surface area (TPSA) is 95.9 Å². The van der Waals surface area contributed by atoms with Gasteiger partial charge in [0.2, 0.25) is 5.91 Å². The van der Waals surface area contributed by atoms with Crippen LogP contribution >= 0.6 is 24.2 Å². The van der Waals surface area contributed by atoms with Gasteiger partial charge in [0, 0.05) is 17.5 Å². The number of rotatable bonds is 10. The van der Waals surface area contributed by atoms with Crippen molar-refractivity contribution in [3.63, 3.8) is 0 Å². The summed E-state index contributed by atoms with van der Waals surface area (Å²) < 4.78 is 5.28. The number of likely N-dealkylation sites (tertiary alicyclic amines) is 1. The molecule has 1 aliphatic carbocycles. The molecule has 1 heterocycles. The number of hydrogen-bond donors (Lipinski definition) is 2. The molecule has 0 bridgehead atoms. The van der Waals surface area contributed by atoms with E-state index in [2.05, 4.69) is 35.6 Å². The Morgan fingerprint density at radius 2 is 1.86 bits per heavy atom. The average Bonchev–Trinajstić information content (AvgIpc) is 3.27. The zero-order chi connectivity index (χ0) is 25.7. The van der Waals surface area contributed by atoms with E-state index in [1.54, 1.807) is 30.5 Å². The SMILES string of the molecule is CCOC(=O)[C@H](CSCc1ccc2ccccc2c1)N[C@@H](C)C(=O)N1[C@@H]2CCCC[C@@H]2C[C@H]1C(=O)O.Cl. The van der Waals surface area contributed by atoms with Crippen molar-refractivity contribution in [3.8, 4) is 0 Å². The minimum Gasteiger partial charge on any atom is -0.480 e. The summed E-state index contributed by atoms with van der Waals surface area (Å²) in [6.45, 7) is 3.74. The number of nitrogens with zero attached hydrogens (tertiary/aromatic N) is 1. The minimum atomic E-state index is -0.946. The molecular weight excluding hydrogens is 512 g/mol. The maximum Gasteiger partial charge on any atom is 0.326 e. The highest BCUT2D eigenvalue weighted by molar-refractivity contribution is 7.98. The fourth-order valence-corrected chi connectivity index (χ4v) is 6.65. The van der Waals surface area contributed by atoms with Crippen molar-refractivity contribution >= 4 is 52.8 Å². The largest absolute Gasteiger partial charge is 0.480 e. The number of carboxylic acid groups (broad SMARTS) is 1. The number of halogens is 1. The third-order valence-corrected chi connectivity index (χ3v) is 8.49. The van der Waals surface area contributed by atoms with Crippen molar-refractivity contribution in [2.24, 2.45) is 5.92 Å². The van der Waals surface area contributed by atoms with E-state index in [-0.39, 0.29) is 36.9 Å². The van der Waals surface area contributed by atoms with E-state index in [1.807, 2.05) is 12.1 Å². The minimum absolute atomic E-state index is 0. The van der Waals surface area contributed by atoms with Crippen LogP contribution in [0.4, 0.5) is 0 Å². The molecule has 5 atom stereocenters. The summed E-state index contributed by atoms with van der Waals surface area (Å²) in [7, 11) is 0. The second-order valence-electron chi connectivity index (χ2n) is 9.84. The molecule has 2 aromatic rings. The molecule has 2 aliphatic rings. The highest BCUT2D eigenvalue weighted by Gasteiger charge is 2.48. The van der Waals surface area contributed by atoms with Gasteiger partial charge in [-0.2, -0.15) is 11.8 Å². The van der Waals surface area contributed by atoms with Gasteiger partial charge in [-0.15, -0.1) is 12.4 Å². The third-order valence-electron chi connectivity index (χ3n) is 7.39. The number of hydrogen-bond acceptors (Lipinski definition) is 6. The molecule has 2 fully saturated rings. The summed E-state index contributed by atoms with van der Waals surface area (Å²) in [6, 6.07) is 12.4. The van der Waals surface area contributed by atoms with E-state index in [9.17, 15) is 19.5 Å². The Morgan fingerprint density at radius 3 is 2.59 bits per heavy atom. The number of esters is 1. The van der Waals surface area contributed by atoms with Gasteiger partial charge in [0.15, 0.2) is 0 Å². The lowest BCUT2D eigenvalue weighted by Crippen LogP contribution is -2.56. The van der Waals surface area contributed by atoms with Crippen LogP contribution in [0.1, 0.15) is 51.5 Å². The smallest absolute Gasteiger partial charge is 0.326 e. The van der Waals surface area contributed by atoms with E-state index in [1.165, 1.54) is 10.8 Å². The van der Waals surface area contributed by atoms with E-state index in [4.69, 9.17) is 4.74 Å². The monoisotopic (exact) mass is 548 g/mol. The molecule has 2 N–H and O–H groups in total. The molecule has 1 amide bonds. The first kappa shape index (κ1) is 29.3. The predicted molar refractivity (Wildman–Crippen MR) is 149 cm³/mol. The van der Waals surface area contributed by atoms with Crippen molar-refractivity contribution in [3.05, 3.63) is 48.0 Å². The van der Waals surface area contributed by atoms with E-state index in [0.717, 1.165) is 37.0 Å².